The minimum atomic E-state index is 0.424. The van der Waals surface area contributed by atoms with Gasteiger partial charge < -0.3 is 5.32 Å². The second kappa shape index (κ2) is 5.87. The molecule has 3 rings (SSSR count). The van der Waals surface area contributed by atoms with Crippen molar-refractivity contribution in [3.05, 3.63) is 35.2 Å². The van der Waals surface area contributed by atoms with E-state index in [1.807, 2.05) is 11.3 Å². The predicted molar refractivity (Wildman–Crippen MR) is 89.4 cm³/mol. The maximum absolute atomic E-state index is 3.86. The number of hydrogen-bond donors (Lipinski definition) is 1. The van der Waals surface area contributed by atoms with Crippen molar-refractivity contribution in [2.24, 2.45) is 5.41 Å². The van der Waals surface area contributed by atoms with Gasteiger partial charge in [0, 0.05) is 10.7 Å². The Bertz CT molecular complexity index is 566. The molecule has 2 heteroatoms. The molecule has 1 N–H and O–H groups in total. The van der Waals surface area contributed by atoms with E-state index in [0.29, 0.717) is 11.5 Å². The molecule has 1 aliphatic carbocycles. The fourth-order valence-corrected chi connectivity index (χ4v) is 4.68. The third-order valence-electron chi connectivity index (χ3n) is 4.86. The molecule has 20 heavy (non-hydrogen) atoms. The Hall–Kier alpha value is -0.860. The van der Waals surface area contributed by atoms with E-state index in [2.05, 4.69) is 48.8 Å². The van der Waals surface area contributed by atoms with Gasteiger partial charge in [0.2, 0.25) is 0 Å². The topological polar surface area (TPSA) is 12.0 Å². The van der Waals surface area contributed by atoms with Crippen molar-refractivity contribution < 1.29 is 0 Å². The van der Waals surface area contributed by atoms with E-state index in [0.717, 1.165) is 6.54 Å². The van der Waals surface area contributed by atoms with E-state index in [1.54, 1.807) is 0 Å². The molecule has 0 saturated heterocycles. The van der Waals surface area contributed by atoms with Gasteiger partial charge in [-0.1, -0.05) is 44.9 Å². The summed E-state index contributed by atoms with van der Waals surface area (Å²) >= 11 is 1.89. The van der Waals surface area contributed by atoms with Crippen molar-refractivity contribution >= 4 is 21.4 Å². The van der Waals surface area contributed by atoms with Crippen LogP contribution in [0.25, 0.3) is 10.1 Å². The van der Waals surface area contributed by atoms with Gasteiger partial charge in [0.05, 0.1) is 0 Å². The first-order valence-electron chi connectivity index (χ1n) is 7.94. The molecule has 1 atom stereocenters. The Morgan fingerprint density at radius 3 is 2.80 bits per heavy atom. The summed E-state index contributed by atoms with van der Waals surface area (Å²) in [6.45, 7) is 5.86. The van der Waals surface area contributed by atoms with Crippen LogP contribution in [-0.4, -0.2) is 6.54 Å². The molecule has 1 saturated carbocycles. The lowest BCUT2D eigenvalue weighted by molar-refractivity contribution is 0.225. The SMILES string of the molecule is CCCNC(c1cccc2ccsc12)C1(C)CCCC1. The monoisotopic (exact) mass is 287 g/mol. The minimum Gasteiger partial charge on any atom is -0.309 e. The van der Waals surface area contributed by atoms with Crippen LogP contribution in [0.4, 0.5) is 0 Å². The van der Waals surface area contributed by atoms with Crippen molar-refractivity contribution in [2.45, 2.75) is 52.0 Å². The number of rotatable bonds is 5. The highest BCUT2D eigenvalue weighted by molar-refractivity contribution is 7.17. The molecule has 0 bridgehead atoms. The number of hydrogen-bond acceptors (Lipinski definition) is 2. The van der Waals surface area contributed by atoms with Gasteiger partial charge in [-0.2, -0.15) is 0 Å². The summed E-state index contributed by atoms with van der Waals surface area (Å²) in [6, 6.07) is 9.56. The van der Waals surface area contributed by atoms with E-state index >= 15 is 0 Å². The van der Waals surface area contributed by atoms with Crippen molar-refractivity contribution in [3.8, 4) is 0 Å². The van der Waals surface area contributed by atoms with Crippen LogP contribution in [-0.2, 0) is 0 Å². The Labute approximate surface area is 126 Å². The van der Waals surface area contributed by atoms with E-state index < -0.39 is 0 Å². The quantitative estimate of drug-likeness (QED) is 0.763. The highest BCUT2D eigenvalue weighted by Gasteiger charge is 2.38. The molecule has 0 radical (unpaired) electrons. The van der Waals surface area contributed by atoms with Gasteiger partial charge in [-0.05, 0) is 53.6 Å². The van der Waals surface area contributed by atoms with Crippen LogP contribution in [0.5, 0.6) is 0 Å². The lowest BCUT2D eigenvalue weighted by Crippen LogP contribution is -2.35. The van der Waals surface area contributed by atoms with Crippen molar-refractivity contribution in [2.75, 3.05) is 6.54 Å². The first-order valence-corrected chi connectivity index (χ1v) is 8.82. The minimum absolute atomic E-state index is 0.424. The fraction of sp³-hybridized carbons (Fsp3) is 0.556. The van der Waals surface area contributed by atoms with E-state index in [9.17, 15) is 0 Å². The average molecular weight is 287 g/mol. The zero-order chi connectivity index (χ0) is 14.0. The summed E-state index contributed by atoms with van der Waals surface area (Å²) in [7, 11) is 0. The van der Waals surface area contributed by atoms with Crippen LogP contribution < -0.4 is 5.32 Å². The molecular formula is C18H25NS. The van der Waals surface area contributed by atoms with Gasteiger partial charge in [0.15, 0.2) is 0 Å². The molecule has 0 spiro atoms. The van der Waals surface area contributed by atoms with Crippen LogP contribution in [0.3, 0.4) is 0 Å². The first-order chi connectivity index (χ1) is 9.74. The van der Waals surface area contributed by atoms with E-state index in [1.165, 1.54) is 47.8 Å². The molecule has 1 aromatic heterocycles. The molecule has 1 heterocycles. The fourth-order valence-electron chi connectivity index (χ4n) is 3.74. The zero-order valence-electron chi connectivity index (χ0n) is 12.6. The summed E-state index contributed by atoms with van der Waals surface area (Å²) in [6.07, 6.45) is 6.70. The highest BCUT2D eigenvalue weighted by atomic mass is 32.1. The maximum atomic E-state index is 3.86. The molecule has 0 amide bonds. The number of nitrogens with one attached hydrogen (secondary N) is 1. The van der Waals surface area contributed by atoms with Crippen LogP contribution in [0.2, 0.25) is 0 Å². The third kappa shape index (κ3) is 2.51. The van der Waals surface area contributed by atoms with Gasteiger partial charge >= 0.3 is 0 Å². The van der Waals surface area contributed by atoms with Crippen LogP contribution in [0, 0.1) is 5.41 Å². The molecule has 2 aromatic rings. The van der Waals surface area contributed by atoms with Gasteiger partial charge in [-0.15, -0.1) is 11.3 Å². The lowest BCUT2D eigenvalue weighted by Gasteiger charge is -2.35. The van der Waals surface area contributed by atoms with Gasteiger partial charge in [-0.25, -0.2) is 0 Å². The number of thiophene rings is 1. The third-order valence-corrected chi connectivity index (χ3v) is 5.84. The zero-order valence-corrected chi connectivity index (χ0v) is 13.4. The van der Waals surface area contributed by atoms with Gasteiger partial charge in [0.1, 0.15) is 0 Å². The molecule has 108 valence electrons. The summed E-state index contributed by atoms with van der Waals surface area (Å²) in [5.74, 6) is 0. The van der Waals surface area contributed by atoms with Crippen LogP contribution in [0.1, 0.15) is 57.6 Å². The maximum Gasteiger partial charge on any atom is 0.0390 e. The van der Waals surface area contributed by atoms with E-state index in [4.69, 9.17) is 0 Å². The van der Waals surface area contributed by atoms with E-state index in [-0.39, 0.29) is 0 Å². The van der Waals surface area contributed by atoms with Crippen LogP contribution >= 0.6 is 11.3 Å². The summed E-state index contributed by atoms with van der Waals surface area (Å²) in [5, 5.41) is 7.48. The molecular weight excluding hydrogens is 262 g/mol. The molecule has 1 aromatic carbocycles. The highest BCUT2D eigenvalue weighted by Crippen LogP contribution is 2.48. The molecule has 0 aliphatic heterocycles. The molecule has 1 nitrogen and oxygen atoms in total. The van der Waals surface area contributed by atoms with Crippen molar-refractivity contribution in [1.29, 1.82) is 0 Å². The van der Waals surface area contributed by atoms with Gasteiger partial charge in [0.25, 0.3) is 0 Å². The number of fused-ring (bicyclic) bond motifs is 1. The Balaban J connectivity index is 2.02. The lowest BCUT2D eigenvalue weighted by atomic mass is 9.77. The van der Waals surface area contributed by atoms with Crippen molar-refractivity contribution in [3.63, 3.8) is 0 Å². The largest absolute Gasteiger partial charge is 0.309 e. The molecule has 1 unspecified atom stereocenters. The summed E-state index contributed by atoms with van der Waals surface area (Å²) in [4.78, 5) is 0. The standard InChI is InChI=1S/C18H25NS/c1-3-12-19-17(18(2)10-4-5-11-18)15-8-6-7-14-9-13-20-16(14)15/h6-9,13,17,19H,3-5,10-12H2,1-2H3. The molecule has 1 fully saturated rings. The van der Waals surface area contributed by atoms with Crippen molar-refractivity contribution in [1.82, 2.24) is 5.32 Å². The number of benzene rings is 1. The first kappa shape index (κ1) is 14.1. The van der Waals surface area contributed by atoms with Gasteiger partial charge in [-0.3, -0.25) is 0 Å². The predicted octanol–water partition coefficient (Wildman–Crippen LogP) is 5.52. The Kier molecular flexibility index (Phi) is 4.13. The average Bonchev–Trinajstić information content (AvgIpc) is 3.08. The Morgan fingerprint density at radius 1 is 1.25 bits per heavy atom. The smallest absolute Gasteiger partial charge is 0.0390 e. The summed E-state index contributed by atoms with van der Waals surface area (Å²) < 4.78 is 1.48. The second-order valence-corrected chi connectivity index (χ2v) is 7.35. The molecule has 1 aliphatic rings. The second-order valence-electron chi connectivity index (χ2n) is 6.43. The summed E-state index contributed by atoms with van der Waals surface area (Å²) in [5.41, 5.74) is 1.95. The Morgan fingerprint density at radius 2 is 2.05 bits per heavy atom. The normalized spacial score (nSPS) is 19.5. The van der Waals surface area contributed by atoms with Crippen LogP contribution in [0.15, 0.2) is 29.6 Å².